The van der Waals surface area contributed by atoms with Gasteiger partial charge in [0.2, 0.25) is 5.91 Å². The Labute approximate surface area is 79.9 Å². The molecule has 0 heterocycles. The van der Waals surface area contributed by atoms with E-state index >= 15 is 0 Å². The predicted molar refractivity (Wildman–Crippen MR) is 52.1 cm³/mol. The van der Waals surface area contributed by atoms with Crippen LogP contribution in [-0.4, -0.2) is 5.91 Å². The maximum Gasteiger partial charge on any atom is 0.223 e. The Morgan fingerprint density at radius 3 is 2.08 bits per heavy atom. The van der Waals surface area contributed by atoms with E-state index in [0.29, 0.717) is 5.92 Å². The van der Waals surface area contributed by atoms with Crippen molar-refractivity contribution in [3.8, 4) is 0 Å². The second kappa shape index (κ2) is 3.32. The molecule has 0 saturated heterocycles. The molecule has 0 aliphatic heterocycles. The Bertz CT molecular complexity index is 202. The van der Waals surface area contributed by atoms with E-state index in [1.165, 1.54) is 38.5 Å². The average Bonchev–Trinajstić information content (AvgIpc) is 2.03. The molecule has 13 heavy (non-hydrogen) atoms. The quantitative estimate of drug-likeness (QED) is 0.697. The van der Waals surface area contributed by atoms with Crippen molar-refractivity contribution in [2.45, 2.75) is 51.4 Å². The molecule has 0 atom stereocenters. The van der Waals surface area contributed by atoms with E-state index in [1.54, 1.807) is 0 Å². The minimum Gasteiger partial charge on any atom is -0.369 e. The molecule has 2 fully saturated rings. The maximum absolute atomic E-state index is 11.4. The van der Waals surface area contributed by atoms with Crippen LogP contribution >= 0.6 is 0 Å². The summed E-state index contributed by atoms with van der Waals surface area (Å²) in [6.45, 7) is 0. The number of carbonyl (C=O) groups excluding carboxylic acids is 1. The summed E-state index contributed by atoms with van der Waals surface area (Å²) >= 11 is 0. The molecule has 0 aromatic heterocycles. The molecule has 2 aliphatic carbocycles. The van der Waals surface area contributed by atoms with Crippen LogP contribution < -0.4 is 5.73 Å². The lowest BCUT2D eigenvalue weighted by Crippen LogP contribution is -2.48. The van der Waals surface area contributed by atoms with E-state index in [0.717, 1.165) is 12.8 Å². The molecule has 2 N–H and O–H groups in total. The maximum atomic E-state index is 11.4. The first kappa shape index (κ1) is 9.04. The number of primary amides is 1. The van der Waals surface area contributed by atoms with Crippen molar-refractivity contribution in [1.82, 2.24) is 0 Å². The second-order valence-electron chi connectivity index (χ2n) is 4.71. The standard InChI is InChI=1S/C11H19NO/c12-10(13)11(7-4-8-11)9-5-2-1-3-6-9/h9H,1-8H2,(H2,12,13). The molecule has 0 bridgehead atoms. The number of nitrogens with two attached hydrogens (primary N) is 1. The van der Waals surface area contributed by atoms with E-state index in [-0.39, 0.29) is 11.3 Å². The van der Waals surface area contributed by atoms with Crippen LogP contribution in [0.5, 0.6) is 0 Å². The van der Waals surface area contributed by atoms with Crippen LogP contribution in [0.1, 0.15) is 51.4 Å². The molecule has 0 unspecified atom stereocenters. The van der Waals surface area contributed by atoms with Gasteiger partial charge >= 0.3 is 0 Å². The summed E-state index contributed by atoms with van der Waals surface area (Å²) in [6, 6.07) is 0. The third kappa shape index (κ3) is 1.36. The fourth-order valence-corrected chi connectivity index (χ4v) is 3.07. The smallest absolute Gasteiger partial charge is 0.223 e. The number of carbonyl (C=O) groups is 1. The van der Waals surface area contributed by atoms with E-state index in [9.17, 15) is 4.79 Å². The van der Waals surface area contributed by atoms with Crippen LogP contribution in [0, 0.1) is 11.3 Å². The topological polar surface area (TPSA) is 43.1 Å². The highest BCUT2D eigenvalue weighted by atomic mass is 16.1. The summed E-state index contributed by atoms with van der Waals surface area (Å²) in [5.41, 5.74) is 5.46. The summed E-state index contributed by atoms with van der Waals surface area (Å²) in [5, 5.41) is 0. The van der Waals surface area contributed by atoms with Crippen LogP contribution in [0.4, 0.5) is 0 Å². The van der Waals surface area contributed by atoms with Crippen LogP contribution in [0.15, 0.2) is 0 Å². The zero-order valence-electron chi connectivity index (χ0n) is 8.22. The van der Waals surface area contributed by atoms with Crippen molar-refractivity contribution in [3.63, 3.8) is 0 Å². The van der Waals surface area contributed by atoms with Gasteiger partial charge in [-0.2, -0.15) is 0 Å². The van der Waals surface area contributed by atoms with Crippen molar-refractivity contribution >= 4 is 5.91 Å². The van der Waals surface area contributed by atoms with E-state index < -0.39 is 0 Å². The molecule has 0 radical (unpaired) electrons. The van der Waals surface area contributed by atoms with Gasteiger partial charge in [0.25, 0.3) is 0 Å². The van der Waals surface area contributed by atoms with Gasteiger partial charge in [-0.25, -0.2) is 0 Å². The summed E-state index contributed by atoms with van der Waals surface area (Å²) in [4.78, 5) is 11.4. The Kier molecular flexibility index (Phi) is 2.31. The van der Waals surface area contributed by atoms with Crippen LogP contribution in [0.25, 0.3) is 0 Å². The molecule has 2 aliphatic rings. The number of hydrogen-bond acceptors (Lipinski definition) is 1. The fraction of sp³-hybridized carbons (Fsp3) is 0.909. The largest absolute Gasteiger partial charge is 0.369 e. The zero-order chi connectivity index (χ0) is 9.31. The predicted octanol–water partition coefficient (Wildman–Crippen LogP) is 2.22. The Balaban J connectivity index is 2.06. The highest BCUT2D eigenvalue weighted by molar-refractivity contribution is 5.82. The molecule has 1 amide bonds. The molecular formula is C11H19NO. The van der Waals surface area contributed by atoms with Gasteiger partial charge in [-0.1, -0.05) is 25.7 Å². The summed E-state index contributed by atoms with van der Waals surface area (Å²) in [6.07, 6.45) is 9.77. The van der Waals surface area contributed by atoms with Gasteiger partial charge in [-0.05, 0) is 31.6 Å². The van der Waals surface area contributed by atoms with Gasteiger partial charge in [0.15, 0.2) is 0 Å². The first-order valence-electron chi connectivity index (χ1n) is 5.56. The monoisotopic (exact) mass is 181 g/mol. The molecule has 74 valence electrons. The normalized spacial score (nSPS) is 28.0. The molecule has 2 nitrogen and oxygen atoms in total. The summed E-state index contributed by atoms with van der Waals surface area (Å²) in [7, 11) is 0. The van der Waals surface area contributed by atoms with Gasteiger partial charge in [-0.15, -0.1) is 0 Å². The Hall–Kier alpha value is -0.530. The van der Waals surface area contributed by atoms with E-state index in [1.807, 2.05) is 0 Å². The van der Waals surface area contributed by atoms with Crippen molar-refractivity contribution < 1.29 is 4.79 Å². The third-order valence-electron chi connectivity index (χ3n) is 4.12. The number of amides is 1. The van der Waals surface area contributed by atoms with Gasteiger partial charge in [0.05, 0.1) is 5.41 Å². The molecule has 0 spiro atoms. The highest BCUT2D eigenvalue weighted by Gasteiger charge is 2.48. The van der Waals surface area contributed by atoms with Gasteiger partial charge in [0, 0.05) is 0 Å². The molecular weight excluding hydrogens is 162 g/mol. The number of rotatable bonds is 2. The molecule has 2 rings (SSSR count). The van der Waals surface area contributed by atoms with Gasteiger partial charge in [-0.3, -0.25) is 4.79 Å². The van der Waals surface area contributed by atoms with Crippen molar-refractivity contribution in [2.75, 3.05) is 0 Å². The highest BCUT2D eigenvalue weighted by Crippen LogP contribution is 2.51. The summed E-state index contributed by atoms with van der Waals surface area (Å²) < 4.78 is 0. The lowest BCUT2D eigenvalue weighted by atomic mass is 9.57. The minimum absolute atomic E-state index is 0.0225. The molecule has 0 aromatic carbocycles. The summed E-state index contributed by atoms with van der Waals surface area (Å²) in [5.74, 6) is 0.596. The van der Waals surface area contributed by atoms with Gasteiger partial charge < -0.3 is 5.73 Å². The molecule has 0 aromatic rings. The van der Waals surface area contributed by atoms with E-state index in [2.05, 4.69) is 0 Å². The Morgan fingerprint density at radius 2 is 1.69 bits per heavy atom. The van der Waals surface area contributed by atoms with Crippen LogP contribution in [-0.2, 0) is 4.79 Å². The van der Waals surface area contributed by atoms with Gasteiger partial charge in [0.1, 0.15) is 0 Å². The third-order valence-corrected chi connectivity index (χ3v) is 4.12. The lowest BCUT2D eigenvalue weighted by molar-refractivity contribution is -0.138. The first-order chi connectivity index (χ1) is 6.26. The minimum atomic E-state index is -0.0690. The fourth-order valence-electron chi connectivity index (χ4n) is 3.07. The molecule has 2 heteroatoms. The van der Waals surface area contributed by atoms with Crippen molar-refractivity contribution in [2.24, 2.45) is 17.1 Å². The lowest BCUT2D eigenvalue weighted by Gasteiger charge is -2.46. The van der Waals surface area contributed by atoms with Crippen molar-refractivity contribution in [3.05, 3.63) is 0 Å². The zero-order valence-corrected chi connectivity index (χ0v) is 8.22. The Morgan fingerprint density at radius 1 is 1.08 bits per heavy atom. The van der Waals surface area contributed by atoms with Crippen LogP contribution in [0.3, 0.4) is 0 Å². The first-order valence-corrected chi connectivity index (χ1v) is 5.56. The van der Waals surface area contributed by atoms with Crippen LogP contribution in [0.2, 0.25) is 0 Å². The average molecular weight is 181 g/mol. The molecule has 2 saturated carbocycles. The van der Waals surface area contributed by atoms with Crippen molar-refractivity contribution in [1.29, 1.82) is 0 Å². The second-order valence-corrected chi connectivity index (χ2v) is 4.71. The SMILES string of the molecule is NC(=O)C1(C2CCCCC2)CCC1. The number of hydrogen-bond donors (Lipinski definition) is 1. The van der Waals surface area contributed by atoms with E-state index in [4.69, 9.17) is 5.73 Å².